The number of hydrogen-bond acceptors (Lipinski definition) is 3. The molecule has 10 heteroatoms. The molecule has 0 bridgehead atoms. The monoisotopic (exact) mass is 446 g/mol. The zero-order valence-corrected chi connectivity index (χ0v) is 14.9. The molecule has 1 N–H and O–H groups in total. The molecule has 0 radical (unpaired) electrons. The maximum atomic E-state index is 14.0. The molecule has 1 aliphatic rings. The van der Waals surface area contributed by atoms with E-state index in [9.17, 15) is 31.9 Å². The number of hydrazone groups is 1. The Hall–Kier alpha value is -2.75. The molecule has 1 heterocycles. The van der Waals surface area contributed by atoms with Gasteiger partial charge in [0.1, 0.15) is 11.4 Å². The second kappa shape index (κ2) is 6.76. The first-order valence-corrected chi connectivity index (χ1v) is 8.04. The summed E-state index contributed by atoms with van der Waals surface area (Å²) < 4.78 is 68.3. The molecule has 27 heavy (non-hydrogen) atoms. The summed E-state index contributed by atoms with van der Waals surface area (Å²) in [5.74, 6) is -12.1. The van der Waals surface area contributed by atoms with Gasteiger partial charge in [0.05, 0.1) is 15.8 Å². The number of nitrogens with zero attached hydrogens (tertiary/aromatic N) is 2. The largest absolute Gasteiger partial charge is 0.507 e. The predicted molar refractivity (Wildman–Crippen MR) is 90.6 cm³/mol. The fraction of sp³-hybridized carbons (Fsp3) is 0.0588. The van der Waals surface area contributed by atoms with Crippen LogP contribution in [0.4, 0.5) is 27.6 Å². The molecule has 2 aromatic carbocycles. The van der Waals surface area contributed by atoms with E-state index in [1.807, 2.05) is 0 Å². The lowest BCUT2D eigenvalue weighted by atomic mass is 10.1. The van der Waals surface area contributed by atoms with Gasteiger partial charge in [0.15, 0.2) is 23.3 Å². The summed E-state index contributed by atoms with van der Waals surface area (Å²) in [4.78, 5) is 12.5. The third-order valence-corrected chi connectivity index (χ3v) is 4.38. The molecule has 3 rings (SSSR count). The summed E-state index contributed by atoms with van der Waals surface area (Å²) in [7, 11) is 0. The molecule has 0 saturated heterocycles. The number of benzene rings is 2. The molecule has 0 aliphatic carbocycles. The van der Waals surface area contributed by atoms with E-state index < -0.39 is 40.7 Å². The summed E-state index contributed by atoms with van der Waals surface area (Å²) in [5, 5.41) is 13.2. The van der Waals surface area contributed by atoms with Crippen molar-refractivity contribution in [3.05, 3.63) is 62.9 Å². The molecular weight excluding hydrogens is 439 g/mol. The van der Waals surface area contributed by atoms with E-state index in [0.29, 0.717) is 10.0 Å². The first kappa shape index (κ1) is 19.0. The van der Waals surface area contributed by atoms with Gasteiger partial charge in [0.2, 0.25) is 5.82 Å². The third kappa shape index (κ3) is 3.09. The van der Waals surface area contributed by atoms with Crippen molar-refractivity contribution in [2.45, 2.75) is 6.92 Å². The molecule has 0 atom stereocenters. The van der Waals surface area contributed by atoms with Crippen LogP contribution in [0.25, 0.3) is 6.08 Å². The Morgan fingerprint density at radius 1 is 1.04 bits per heavy atom. The number of anilines is 1. The average molecular weight is 447 g/mol. The number of carbonyl (C=O) groups excluding carboxylic acids is 1. The molecule has 4 nitrogen and oxygen atoms in total. The zero-order chi connectivity index (χ0) is 20.0. The summed E-state index contributed by atoms with van der Waals surface area (Å²) in [6, 6.07) is 4.25. The van der Waals surface area contributed by atoms with Crippen LogP contribution in [0.5, 0.6) is 5.75 Å². The summed E-state index contributed by atoms with van der Waals surface area (Å²) in [6.45, 7) is 1.34. The van der Waals surface area contributed by atoms with E-state index in [2.05, 4.69) is 21.0 Å². The summed E-state index contributed by atoms with van der Waals surface area (Å²) in [6.07, 6.45) is 1.30. The highest BCUT2D eigenvalue weighted by Crippen LogP contribution is 2.34. The van der Waals surface area contributed by atoms with Crippen molar-refractivity contribution in [1.82, 2.24) is 0 Å². The van der Waals surface area contributed by atoms with Crippen LogP contribution in [0.2, 0.25) is 0 Å². The molecule has 0 spiro atoms. The number of carbonyl (C=O) groups is 1. The Kier molecular flexibility index (Phi) is 4.77. The Balaban J connectivity index is 2.09. The van der Waals surface area contributed by atoms with Gasteiger partial charge in [-0.25, -0.2) is 22.0 Å². The van der Waals surface area contributed by atoms with Crippen LogP contribution in [0, 0.1) is 29.1 Å². The smallest absolute Gasteiger partial charge is 0.280 e. The minimum Gasteiger partial charge on any atom is -0.507 e. The number of amides is 1. The number of hydrogen-bond donors (Lipinski definition) is 1. The molecule has 1 amide bonds. The van der Waals surface area contributed by atoms with Crippen molar-refractivity contribution in [3.8, 4) is 5.75 Å². The topological polar surface area (TPSA) is 52.9 Å². The van der Waals surface area contributed by atoms with Crippen LogP contribution < -0.4 is 5.01 Å². The molecule has 0 unspecified atom stereocenters. The van der Waals surface area contributed by atoms with E-state index in [1.54, 1.807) is 0 Å². The highest BCUT2D eigenvalue weighted by atomic mass is 79.9. The zero-order valence-electron chi connectivity index (χ0n) is 13.3. The van der Waals surface area contributed by atoms with Crippen LogP contribution in [-0.4, -0.2) is 16.7 Å². The maximum absolute atomic E-state index is 14.0. The number of halogens is 6. The molecule has 2 aromatic rings. The number of phenolic OH excluding ortho intramolecular Hbond substituents is 1. The van der Waals surface area contributed by atoms with Gasteiger partial charge in [-0.3, -0.25) is 4.79 Å². The van der Waals surface area contributed by atoms with Gasteiger partial charge in [-0.1, -0.05) is 6.07 Å². The first-order valence-electron chi connectivity index (χ1n) is 7.25. The second-order valence-electron chi connectivity index (χ2n) is 5.49. The number of phenols is 1. The van der Waals surface area contributed by atoms with Crippen molar-refractivity contribution in [1.29, 1.82) is 0 Å². The fourth-order valence-corrected chi connectivity index (χ4v) is 2.79. The predicted octanol–water partition coefficient (Wildman–Crippen LogP) is 4.66. The Morgan fingerprint density at radius 3 is 2.15 bits per heavy atom. The Labute approximate surface area is 157 Å². The van der Waals surface area contributed by atoms with Crippen LogP contribution in [0.1, 0.15) is 12.5 Å². The Morgan fingerprint density at radius 2 is 1.59 bits per heavy atom. The van der Waals surface area contributed by atoms with E-state index in [0.717, 1.165) is 0 Å². The van der Waals surface area contributed by atoms with Crippen molar-refractivity contribution < 1.29 is 31.9 Å². The van der Waals surface area contributed by atoms with Crippen molar-refractivity contribution >= 4 is 39.3 Å². The molecule has 0 aromatic heterocycles. The van der Waals surface area contributed by atoms with Crippen LogP contribution in [0.15, 0.2) is 33.3 Å². The standard InChI is InChI=1S/C17H8BrF5N2O2/c1-6-8(4-7-2-3-10(26)9(18)5-7)17(27)25(24-6)16-14(22)12(20)11(19)13(21)15(16)23/h2-5,26H,1H3/b8-4+. The molecule has 140 valence electrons. The highest BCUT2D eigenvalue weighted by Gasteiger charge is 2.36. The minimum atomic E-state index is -2.33. The average Bonchev–Trinajstić information content (AvgIpc) is 2.89. The molecule has 1 aliphatic heterocycles. The molecule has 0 fully saturated rings. The van der Waals surface area contributed by atoms with Crippen LogP contribution >= 0.6 is 15.9 Å². The first-order chi connectivity index (χ1) is 12.6. The van der Waals surface area contributed by atoms with E-state index in [-0.39, 0.29) is 22.0 Å². The maximum Gasteiger partial charge on any atom is 0.280 e. The molecular formula is C17H8BrF5N2O2. The van der Waals surface area contributed by atoms with Crippen molar-refractivity contribution in [3.63, 3.8) is 0 Å². The Bertz CT molecular complexity index is 1020. The number of aromatic hydroxyl groups is 1. The van der Waals surface area contributed by atoms with Crippen molar-refractivity contribution in [2.75, 3.05) is 5.01 Å². The highest BCUT2D eigenvalue weighted by molar-refractivity contribution is 9.10. The van der Waals surface area contributed by atoms with Gasteiger partial charge in [-0.05, 0) is 46.6 Å². The van der Waals surface area contributed by atoms with E-state index >= 15 is 0 Å². The third-order valence-electron chi connectivity index (χ3n) is 3.74. The van der Waals surface area contributed by atoms with Gasteiger partial charge in [0.25, 0.3) is 5.91 Å². The van der Waals surface area contributed by atoms with Gasteiger partial charge >= 0.3 is 0 Å². The van der Waals surface area contributed by atoms with Gasteiger partial charge in [-0.15, -0.1) is 0 Å². The van der Waals surface area contributed by atoms with Crippen molar-refractivity contribution in [2.24, 2.45) is 5.10 Å². The SMILES string of the molecule is CC1=NN(c2c(F)c(F)c(F)c(F)c2F)C(=O)/C1=C/c1ccc(O)c(Br)c1. The molecule has 0 saturated carbocycles. The minimum absolute atomic E-state index is 0.00754. The van der Waals surface area contributed by atoms with Gasteiger partial charge in [0, 0.05) is 0 Å². The summed E-state index contributed by atoms with van der Waals surface area (Å²) in [5.41, 5.74) is -1.13. The normalized spacial score (nSPS) is 15.7. The van der Waals surface area contributed by atoms with Gasteiger partial charge < -0.3 is 5.11 Å². The second-order valence-corrected chi connectivity index (χ2v) is 6.34. The lowest BCUT2D eigenvalue weighted by Crippen LogP contribution is -2.25. The summed E-state index contributed by atoms with van der Waals surface area (Å²) >= 11 is 3.09. The lowest BCUT2D eigenvalue weighted by molar-refractivity contribution is -0.114. The van der Waals surface area contributed by atoms with Crippen LogP contribution in [-0.2, 0) is 4.79 Å². The van der Waals surface area contributed by atoms with E-state index in [1.165, 1.54) is 31.2 Å². The number of rotatable bonds is 2. The van der Waals surface area contributed by atoms with Gasteiger partial charge in [-0.2, -0.15) is 10.1 Å². The van der Waals surface area contributed by atoms with E-state index in [4.69, 9.17) is 0 Å². The quantitative estimate of drug-likeness (QED) is 0.315. The lowest BCUT2D eigenvalue weighted by Gasteiger charge is -2.15. The fourth-order valence-electron chi connectivity index (χ4n) is 2.39. The van der Waals surface area contributed by atoms with Crippen LogP contribution in [0.3, 0.4) is 0 Å².